The highest BCUT2D eigenvalue weighted by atomic mass is 16.7. The Morgan fingerprint density at radius 2 is 1.73 bits per heavy atom. The molecule has 1 atom stereocenters. The topological polar surface area (TPSA) is 51.2 Å². The summed E-state index contributed by atoms with van der Waals surface area (Å²) in [6, 6.07) is 22.6. The smallest absolute Gasteiger partial charge is 0.231 e. The van der Waals surface area contributed by atoms with E-state index in [4.69, 9.17) is 14.2 Å². The first-order chi connectivity index (χ1) is 14.6. The van der Waals surface area contributed by atoms with Crippen molar-refractivity contribution in [2.45, 2.75) is 26.1 Å². The second kappa shape index (κ2) is 9.20. The number of nitrogens with zero attached hydrogens (tertiary/aromatic N) is 1. The van der Waals surface area contributed by atoms with Gasteiger partial charge in [0.15, 0.2) is 11.5 Å². The molecule has 1 aliphatic heterocycles. The van der Waals surface area contributed by atoms with Gasteiger partial charge >= 0.3 is 0 Å². The summed E-state index contributed by atoms with van der Waals surface area (Å²) in [5, 5.41) is 10.1. The van der Waals surface area contributed by atoms with Crippen LogP contribution in [0.25, 0.3) is 11.1 Å². The van der Waals surface area contributed by atoms with Gasteiger partial charge in [0.25, 0.3) is 0 Å². The number of fused-ring (bicyclic) bond motifs is 1. The van der Waals surface area contributed by atoms with Crippen LogP contribution in [0.4, 0.5) is 0 Å². The van der Waals surface area contributed by atoms with Gasteiger partial charge in [-0.2, -0.15) is 0 Å². The summed E-state index contributed by atoms with van der Waals surface area (Å²) in [5.41, 5.74) is 4.50. The number of aliphatic hydroxyl groups is 1. The van der Waals surface area contributed by atoms with E-state index in [0.717, 1.165) is 33.9 Å². The molecule has 30 heavy (non-hydrogen) atoms. The molecule has 0 radical (unpaired) electrons. The van der Waals surface area contributed by atoms with Gasteiger partial charge in [0.05, 0.1) is 13.2 Å². The van der Waals surface area contributed by atoms with E-state index >= 15 is 0 Å². The molecule has 1 N–H and O–H groups in total. The molecule has 0 bridgehead atoms. The lowest BCUT2D eigenvalue weighted by atomic mass is 10.0. The Balaban J connectivity index is 1.59. The van der Waals surface area contributed by atoms with Crippen LogP contribution in [0, 0.1) is 0 Å². The maximum atomic E-state index is 10.1. The highest BCUT2D eigenvalue weighted by molar-refractivity contribution is 5.65. The van der Waals surface area contributed by atoms with Crippen molar-refractivity contribution in [3.8, 4) is 28.4 Å². The first kappa shape index (κ1) is 20.3. The highest BCUT2D eigenvalue weighted by Crippen LogP contribution is 2.33. The highest BCUT2D eigenvalue weighted by Gasteiger charge is 2.17. The molecule has 156 valence electrons. The van der Waals surface area contributed by atoms with Gasteiger partial charge in [-0.1, -0.05) is 42.5 Å². The third kappa shape index (κ3) is 4.75. The Morgan fingerprint density at radius 3 is 2.50 bits per heavy atom. The van der Waals surface area contributed by atoms with Crippen molar-refractivity contribution in [2.75, 3.05) is 20.4 Å². The van der Waals surface area contributed by atoms with Gasteiger partial charge in [0, 0.05) is 25.2 Å². The molecule has 1 heterocycles. The minimum Gasteiger partial charge on any atom is -0.496 e. The molecule has 0 aliphatic carbocycles. The number of rotatable bonds is 8. The van der Waals surface area contributed by atoms with Crippen LogP contribution in [0.2, 0.25) is 0 Å². The van der Waals surface area contributed by atoms with Crippen molar-refractivity contribution in [2.24, 2.45) is 0 Å². The molecule has 5 nitrogen and oxygen atoms in total. The van der Waals surface area contributed by atoms with E-state index in [-0.39, 0.29) is 6.79 Å². The molecule has 0 unspecified atom stereocenters. The summed E-state index contributed by atoms with van der Waals surface area (Å²) in [7, 11) is 1.69. The first-order valence-corrected chi connectivity index (χ1v) is 10.1. The first-order valence-electron chi connectivity index (χ1n) is 10.1. The van der Waals surface area contributed by atoms with Crippen LogP contribution < -0.4 is 14.2 Å². The zero-order valence-electron chi connectivity index (χ0n) is 17.4. The zero-order valence-corrected chi connectivity index (χ0v) is 17.4. The molecule has 0 spiro atoms. The Morgan fingerprint density at radius 1 is 0.933 bits per heavy atom. The van der Waals surface area contributed by atoms with E-state index in [2.05, 4.69) is 29.2 Å². The van der Waals surface area contributed by atoms with E-state index in [9.17, 15) is 5.11 Å². The molecule has 1 aliphatic rings. The SMILES string of the molecule is COc1ccc(-c2ccccc2)cc1CN(Cc1ccc2c(c1)OCO2)C[C@@H](C)O. The van der Waals surface area contributed by atoms with Crippen molar-refractivity contribution >= 4 is 0 Å². The molecule has 0 aromatic heterocycles. The van der Waals surface area contributed by atoms with Gasteiger partial charge in [-0.05, 0) is 47.9 Å². The lowest BCUT2D eigenvalue weighted by molar-refractivity contribution is 0.117. The predicted molar refractivity (Wildman–Crippen MR) is 117 cm³/mol. The normalized spacial score (nSPS) is 13.5. The van der Waals surface area contributed by atoms with Crippen LogP contribution in [0.3, 0.4) is 0 Å². The van der Waals surface area contributed by atoms with Crippen molar-refractivity contribution in [1.82, 2.24) is 4.90 Å². The average Bonchev–Trinajstić information content (AvgIpc) is 3.22. The Labute approximate surface area is 177 Å². The fourth-order valence-corrected chi connectivity index (χ4v) is 3.81. The molecule has 0 saturated carbocycles. The molecular formula is C25H27NO4. The zero-order chi connectivity index (χ0) is 20.9. The standard InChI is InChI=1S/C25H27NO4/c1-18(27)14-26(15-19-8-10-24-25(12-19)30-17-29-24)16-22-13-21(9-11-23(22)28-2)20-6-4-3-5-7-20/h3-13,18,27H,14-17H2,1-2H3/t18-/m1/s1. The molecule has 3 aromatic carbocycles. The number of aliphatic hydroxyl groups excluding tert-OH is 1. The number of ether oxygens (including phenoxy) is 3. The lowest BCUT2D eigenvalue weighted by Crippen LogP contribution is -2.30. The summed E-state index contributed by atoms with van der Waals surface area (Å²) >= 11 is 0. The van der Waals surface area contributed by atoms with Gasteiger partial charge in [0.2, 0.25) is 6.79 Å². The number of hydrogen-bond acceptors (Lipinski definition) is 5. The van der Waals surface area contributed by atoms with Crippen LogP contribution in [0.1, 0.15) is 18.1 Å². The second-order valence-electron chi connectivity index (χ2n) is 7.60. The van der Waals surface area contributed by atoms with Crippen LogP contribution >= 0.6 is 0 Å². The average molecular weight is 405 g/mol. The fraction of sp³-hybridized carbons (Fsp3) is 0.280. The maximum Gasteiger partial charge on any atom is 0.231 e. The molecule has 0 saturated heterocycles. The van der Waals surface area contributed by atoms with Crippen molar-refractivity contribution < 1.29 is 19.3 Å². The van der Waals surface area contributed by atoms with E-state index in [1.54, 1.807) is 7.11 Å². The van der Waals surface area contributed by atoms with Crippen molar-refractivity contribution in [3.05, 3.63) is 77.9 Å². The van der Waals surface area contributed by atoms with Crippen LogP contribution in [-0.4, -0.2) is 36.6 Å². The largest absolute Gasteiger partial charge is 0.496 e. The fourth-order valence-electron chi connectivity index (χ4n) is 3.81. The van der Waals surface area contributed by atoms with Crippen molar-refractivity contribution in [3.63, 3.8) is 0 Å². The van der Waals surface area contributed by atoms with Crippen LogP contribution in [0.5, 0.6) is 17.2 Å². The van der Waals surface area contributed by atoms with Gasteiger partial charge in [0.1, 0.15) is 5.75 Å². The van der Waals surface area contributed by atoms with Gasteiger partial charge in [-0.3, -0.25) is 4.90 Å². The third-order valence-electron chi connectivity index (χ3n) is 5.15. The second-order valence-corrected chi connectivity index (χ2v) is 7.60. The summed E-state index contributed by atoms with van der Waals surface area (Å²) in [6.07, 6.45) is -0.442. The molecule has 5 heteroatoms. The van der Waals surface area contributed by atoms with E-state index in [1.807, 2.05) is 49.4 Å². The maximum absolute atomic E-state index is 10.1. The molecular weight excluding hydrogens is 378 g/mol. The van der Waals surface area contributed by atoms with E-state index in [1.165, 1.54) is 5.56 Å². The van der Waals surface area contributed by atoms with Crippen LogP contribution in [0.15, 0.2) is 66.7 Å². The summed E-state index contributed by atoms with van der Waals surface area (Å²) < 4.78 is 16.6. The van der Waals surface area contributed by atoms with Gasteiger partial charge in [-0.15, -0.1) is 0 Å². The molecule has 4 rings (SSSR count). The quantitative estimate of drug-likeness (QED) is 0.599. The summed E-state index contributed by atoms with van der Waals surface area (Å²) in [4.78, 5) is 2.22. The Kier molecular flexibility index (Phi) is 6.21. The number of hydrogen-bond donors (Lipinski definition) is 1. The molecule has 0 fully saturated rings. The van der Waals surface area contributed by atoms with Crippen LogP contribution in [-0.2, 0) is 13.1 Å². The predicted octanol–water partition coefficient (Wildman–Crippen LogP) is 4.47. The van der Waals surface area contributed by atoms with Gasteiger partial charge in [-0.25, -0.2) is 0 Å². The monoisotopic (exact) mass is 405 g/mol. The Hall–Kier alpha value is -3.02. The third-order valence-corrected chi connectivity index (χ3v) is 5.15. The van der Waals surface area contributed by atoms with Gasteiger partial charge < -0.3 is 19.3 Å². The Bertz CT molecular complexity index is 988. The van der Waals surface area contributed by atoms with E-state index < -0.39 is 6.10 Å². The van der Waals surface area contributed by atoms with E-state index in [0.29, 0.717) is 19.6 Å². The minimum absolute atomic E-state index is 0.264. The molecule has 3 aromatic rings. The summed E-state index contributed by atoms with van der Waals surface area (Å²) in [5.74, 6) is 2.39. The lowest BCUT2D eigenvalue weighted by Gasteiger charge is -2.25. The summed E-state index contributed by atoms with van der Waals surface area (Å²) in [6.45, 7) is 3.96. The molecule has 0 amide bonds. The minimum atomic E-state index is -0.442. The number of methoxy groups -OCH3 is 1. The van der Waals surface area contributed by atoms with Crippen molar-refractivity contribution in [1.29, 1.82) is 0 Å². The number of benzene rings is 3.